The van der Waals surface area contributed by atoms with E-state index in [9.17, 15) is 9.59 Å². The molecule has 130 valence electrons. The summed E-state index contributed by atoms with van der Waals surface area (Å²) in [5, 5.41) is 5.65. The van der Waals surface area contributed by atoms with E-state index in [-0.39, 0.29) is 11.8 Å². The summed E-state index contributed by atoms with van der Waals surface area (Å²) in [6, 6.07) is 18.1. The zero-order valence-electron chi connectivity index (χ0n) is 13.8. The Bertz CT molecular complexity index is 912. The molecule has 0 aliphatic carbocycles. The van der Waals surface area contributed by atoms with Crippen LogP contribution in [-0.2, 0) is 6.54 Å². The Hall–Kier alpha value is -2.99. The second kappa shape index (κ2) is 8.40. The number of pyridine rings is 1. The van der Waals surface area contributed by atoms with E-state index in [0.717, 1.165) is 10.0 Å². The zero-order chi connectivity index (χ0) is 18.4. The Morgan fingerprint density at radius 3 is 2.31 bits per heavy atom. The number of aromatic nitrogens is 1. The Morgan fingerprint density at radius 1 is 0.885 bits per heavy atom. The molecule has 0 aliphatic heterocycles. The molecule has 5 nitrogen and oxygen atoms in total. The minimum atomic E-state index is -0.264. The highest BCUT2D eigenvalue weighted by Gasteiger charge is 2.09. The number of hydrogen-bond donors (Lipinski definition) is 2. The van der Waals surface area contributed by atoms with Gasteiger partial charge in [-0.25, -0.2) is 0 Å². The first kappa shape index (κ1) is 17.8. The molecule has 0 saturated carbocycles. The van der Waals surface area contributed by atoms with Crippen molar-refractivity contribution in [1.29, 1.82) is 0 Å². The Labute approximate surface area is 159 Å². The molecule has 1 aromatic heterocycles. The summed E-state index contributed by atoms with van der Waals surface area (Å²) < 4.78 is 0.732. The van der Waals surface area contributed by atoms with Crippen LogP contribution in [0.5, 0.6) is 0 Å². The van der Waals surface area contributed by atoms with Gasteiger partial charge < -0.3 is 10.6 Å². The Morgan fingerprint density at radius 2 is 1.62 bits per heavy atom. The SMILES string of the molecule is O=C(NCc1ccccc1)c1ccc(NC(=O)c2cncc(Br)c2)cc1. The summed E-state index contributed by atoms with van der Waals surface area (Å²) in [6.07, 6.45) is 3.10. The first-order valence-corrected chi connectivity index (χ1v) is 8.75. The second-order valence-corrected chi connectivity index (χ2v) is 6.51. The van der Waals surface area contributed by atoms with Crippen LogP contribution in [0.1, 0.15) is 26.3 Å². The average Bonchev–Trinajstić information content (AvgIpc) is 2.67. The molecule has 2 N–H and O–H groups in total. The fourth-order valence-electron chi connectivity index (χ4n) is 2.32. The lowest BCUT2D eigenvalue weighted by atomic mass is 10.1. The van der Waals surface area contributed by atoms with Crippen LogP contribution in [0.4, 0.5) is 5.69 Å². The van der Waals surface area contributed by atoms with Gasteiger partial charge in [-0.1, -0.05) is 30.3 Å². The van der Waals surface area contributed by atoms with Gasteiger partial charge in [0.2, 0.25) is 0 Å². The van der Waals surface area contributed by atoms with Crippen LogP contribution in [0.2, 0.25) is 0 Å². The first-order chi connectivity index (χ1) is 12.6. The lowest BCUT2D eigenvalue weighted by Gasteiger charge is -2.08. The maximum Gasteiger partial charge on any atom is 0.257 e. The molecule has 1 heterocycles. The van der Waals surface area contributed by atoms with Crippen LogP contribution >= 0.6 is 15.9 Å². The van der Waals surface area contributed by atoms with E-state index in [0.29, 0.717) is 23.4 Å². The number of hydrogen-bond acceptors (Lipinski definition) is 3. The van der Waals surface area contributed by atoms with Gasteiger partial charge >= 0.3 is 0 Å². The van der Waals surface area contributed by atoms with Gasteiger partial charge in [0.1, 0.15) is 0 Å². The summed E-state index contributed by atoms with van der Waals surface area (Å²) in [7, 11) is 0. The van der Waals surface area contributed by atoms with Gasteiger partial charge in [-0.3, -0.25) is 14.6 Å². The van der Waals surface area contributed by atoms with Crippen LogP contribution in [-0.4, -0.2) is 16.8 Å². The summed E-state index contributed by atoms with van der Waals surface area (Å²) in [4.78, 5) is 28.4. The van der Waals surface area contributed by atoms with Gasteiger partial charge in [-0.15, -0.1) is 0 Å². The fraction of sp³-hybridized carbons (Fsp3) is 0.0500. The number of rotatable bonds is 5. The highest BCUT2D eigenvalue weighted by atomic mass is 79.9. The van der Waals surface area contributed by atoms with Gasteiger partial charge in [-0.05, 0) is 51.8 Å². The molecule has 2 amide bonds. The smallest absolute Gasteiger partial charge is 0.257 e. The van der Waals surface area contributed by atoms with Gasteiger partial charge in [0.25, 0.3) is 11.8 Å². The lowest BCUT2D eigenvalue weighted by Crippen LogP contribution is -2.22. The van der Waals surface area contributed by atoms with E-state index >= 15 is 0 Å². The van der Waals surface area contributed by atoms with Crippen LogP contribution in [0.15, 0.2) is 77.5 Å². The number of carbonyl (C=O) groups excluding carboxylic acids is 2. The number of carbonyl (C=O) groups is 2. The van der Waals surface area contributed by atoms with E-state index in [1.165, 1.54) is 6.20 Å². The molecule has 0 aliphatic rings. The van der Waals surface area contributed by atoms with Gasteiger partial charge in [0.15, 0.2) is 0 Å². The minimum Gasteiger partial charge on any atom is -0.348 e. The monoisotopic (exact) mass is 409 g/mol. The maximum absolute atomic E-state index is 12.2. The molecule has 26 heavy (non-hydrogen) atoms. The predicted octanol–water partition coefficient (Wildman–Crippen LogP) is 4.03. The van der Waals surface area contributed by atoms with E-state index < -0.39 is 0 Å². The molecule has 0 spiro atoms. The van der Waals surface area contributed by atoms with E-state index in [1.807, 2.05) is 30.3 Å². The van der Waals surface area contributed by atoms with Crippen molar-refractivity contribution in [3.05, 3.63) is 94.2 Å². The molecule has 3 rings (SSSR count). The van der Waals surface area contributed by atoms with Crippen LogP contribution in [0.3, 0.4) is 0 Å². The lowest BCUT2D eigenvalue weighted by molar-refractivity contribution is 0.0950. The van der Waals surface area contributed by atoms with Crippen molar-refractivity contribution in [3.63, 3.8) is 0 Å². The topological polar surface area (TPSA) is 71.1 Å². The maximum atomic E-state index is 12.2. The second-order valence-electron chi connectivity index (χ2n) is 5.59. The largest absolute Gasteiger partial charge is 0.348 e. The van der Waals surface area contributed by atoms with Gasteiger partial charge in [-0.2, -0.15) is 0 Å². The van der Waals surface area contributed by atoms with Crippen molar-refractivity contribution >= 4 is 33.4 Å². The quantitative estimate of drug-likeness (QED) is 0.668. The third kappa shape index (κ3) is 4.77. The molecule has 2 aromatic carbocycles. The Balaban J connectivity index is 1.59. The third-order valence-corrected chi connectivity index (χ3v) is 4.10. The van der Waals surface area contributed by atoms with Crippen LogP contribution in [0.25, 0.3) is 0 Å². The first-order valence-electron chi connectivity index (χ1n) is 7.96. The highest BCUT2D eigenvalue weighted by molar-refractivity contribution is 9.10. The number of nitrogens with one attached hydrogen (secondary N) is 2. The van der Waals surface area contributed by atoms with Gasteiger partial charge in [0, 0.05) is 34.7 Å². The molecular formula is C20H16BrN3O2. The average molecular weight is 410 g/mol. The summed E-state index contributed by atoms with van der Waals surface area (Å²) in [5.41, 5.74) is 2.62. The summed E-state index contributed by atoms with van der Waals surface area (Å²) in [6.45, 7) is 0.466. The van der Waals surface area contributed by atoms with Crippen LogP contribution < -0.4 is 10.6 Å². The predicted molar refractivity (Wildman–Crippen MR) is 104 cm³/mol. The molecule has 0 bridgehead atoms. The number of halogens is 1. The summed E-state index contributed by atoms with van der Waals surface area (Å²) in [5.74, 6) is -0.428. The number of amides is 2. The molecule has 0 radical (unpaired) electrons. The third-order valence-electron chi connectivity index (χ3n) is 3.67. The van der Waals surface area contributed by atoms with E-state index in [1.54, 1.807) is 36.5 Å². The van der Waals surface area contributed by atoms with Crippen molar-refractivity contribution < 1.29 is 9.59 Å². The minimum absolute atomic E-state index is 0.164. The van der Waals surface area contributed by atoms with Gasteiger partial charge in [0.05, 0.1) is 5.56 Å². The molecule has 0 saturated heterocycles. The summed E-state index contributed by atoms with van der Waals surface area (Å²) >= 11 is 3.29. The Kier molecular flexibility index (Phi) is 5.76. The molecule has 6 heteroatoms. The zero-order valence-corrected chi connectivity index (χ0v) is 15.4. The van der Waals surface area contributed by atoms with E-state index in [4.69, 9.17) is 0 Å². The molecular weight excluding hydrogens is 394 g/mol. The standard InChI is InChI=1S/C20H16BrN3O2/c21-17-10-16(12-22-13-17)20(26)24-18-8-6-15(7-9-18)19(25)23-11-14-4-2-1-3-5-14/h1-10,12-13H,11H2,(H,23,25)(H,24,26). The highest BCUT2D eigenvalue weighted by Crippen LogP contribution is 2.14. The number of benzene rings is 2. The van der Waals surface area contributed by atoms with Crippen molar-refractivity contribution in [2.45, 2.75) is 6.54 Å². The molecule has 0 atom stereocenters. The fourth-order valence-corrected chi connectivity index (χ4v) is 2.69. The van der Waals surface area contributed by atoms with Crippen molar-refractivity contribution in [2.75, 3.05) is 5.32 Å². The van der Waals surface area contributed by atoms with E-state index in [2.05, 4.69) is 31.5 Å². The molecule has 3 aromatic rings. The number of nitrogens with zero attached hydrogens (tertiary/aromatic N) is 1. The number of anilines is 1. The van der Waals surface area contributed by atoms with Crippen molar-refractivity contribution in [3.8, 4) is 0 Å². The van der Waals surface area contributed by atoms with Crippen molar-refractivity contribution in [2.24, 2.45) is 0 Å². The molecule has 0 fully saturated rings. The molecule has 0 unspecified atom stereocenters. The normalized spacial score (nSPS) is 10.2. The van der Waals surface area contributed by atoms with Crippen LogP contribution in [0, 0.1) is 0 Å². The van der Waals surface area contributed by atoms with Crippen molar-refractivity contribution in [1.82, 2.24) is 10.3 Å².